The first kappa shape index (κ1) is 39.2. The number of nitrogens with one attached hydrogen (secondary N) is 4. The maximum absolute atomic E-state index is 14.4. The number of nitrogens with zero attached hydrogens (tertiary/aromatic N) is 2. The number of likely N-dealkylation sites (tertiary alicyclic amines) is 1. The molecular weight excluding hydrogens is 612 g/mol. The van der Waals surface area contributed by atoms with Gasteiger partial charge in [-0.1, -0.05) is 61.5 Å². The van der Waals surface area contributed by atoms with Crippen molar-refractivity contribution in [2.24, 2.45) is 28.1 Å². The van der Waals surface area contributed by atoms with Gasteiger partial charge in [-0.15, -0.1) is 6.58 Å². The van der Waals surface area contributed by atoms with Crippen molar-refractivity contribution in [3.05, 3.63) is 12.7 Å². The SMILES string of the molecule is C=CCNC(=O)C(=O)C(C)NC(=O)[C@@H]1[C@H]2CCC(C)(C)[C@H]2CN1C(=O)[C@@H](NC(=O)N[C@H](CN(C)S(C)(=O)=O)C(C)(C)C)C(C)(C)C. The zero-order valence-corrected chi connectivity index (χ0v) is 30.3. The number of carbonyl (C=O) groups is 5. The van der Waals surface area contributed by atoms with Gasteiger partial charge in [0.1, 0.15) is 12.1 Å². The van der Waals surface area contributed by atoms with E-state index in [-0.39, 0.29) is 30.3 Å². The molecule has 0 aromatic rings. The second-order valence-electron chi connectivity index (χ2n) is 15.7. The molecule has 46 heavy (non-hydrogen) atoms. The fourth-order valence-corrected chi connectivity index (χ4v) is 6.69. The average Bonchev–Trinajstić information content (AvgIpc) is 3.44. The van der Waals surface area contributed by atoms with Crippen LogP contribution in [-0.2, 0) is 29.2 Å². The van der Waals surface area contributed by atoms with Crippen molar-refractivity contribution in [1.82, 2.24) is 30.5 Å². The predicted octanol–water partition coefficient (Wildman–Crippen LogP) is 1.65. The monoisotopic (exact) mass is 668 g/mol. The van der Waals surface area contributed by atoms with Crippen LogP contribution in [0.2, 0.25) is 0 Å². The van der Waals surface area contributed by atoms with Gasteiger partial charge in [0, 0.05) is 32.7 Å². The van der Waals surface area contributed by atoms with Crippen LogP contribution in [0.3, 0.4) is 0 Å². The number of likely N-dealkylation sites (N-methyl/N-ethyl adjacent to an activating group) is 1. The zero-order valence-electron chi connectivity index (χ0n) is 29.4. The van der Waals surface area contributed by atoms with Crippen LogP contribution in [0.1, 0.15) is 75.2 Å². The number of urea groups is 1. The third kappa shape index (κ3) is 9.52. The van der Waals surface area contributed by atoms with E-state index in [0.29, 0.717) is 13.0 Å². The molecule has 14 heteroatoms. The lowest BCUT2D eigenvalue weighted by Crippen LogP contribution is -2.62. The smallest absolute Gasteiger partial charge is 0.315 e. The molecule has 1 aliphatic carbocycles. The highest BCUT2D eigenvalue weighted by atomic mass is 32.2. The van der Waals surface area contributed by atoms with E-state index < -0.39 is 74.6 Å². The molecular formula is C32H56N6O7S. The summed E-state index contributed by atoms with van der Waals surface area (Å²) in [4.78, 5) is 68.1. The van der Waals surface area contributed by atoms with Crippen molar-refractivity contribution in [3.8, 4) is 0 Å². The summed E-state index contributed by atoms with van der Waals surface area (Å²) in [6.07, 6.45) is 4.10. The van der Waals surface area contributed by atoms with Crippen LogP contribution in [0.25, 0.3) is 0 Å². The summed E-state index contributed by atoms with van der Waals surface area (Å²) in [5, 5.41) is 10.8. The molecule has 1 saturated heterocycles. The molecule has 5 amide bonds. The number of rotatable bonds is 12. The number of Topliss-reactive ketones (excluding diaryl/α,β-unsaturated/α-hetero) is 1. The van der Waals surface area contributed by atoms with E-state index in [1.54, 1.807) is 0 Å². The fraction of sp³-hybridized carbons (Fsp3) is 0.781. The van der Waals surface area contributed by atoms with Gasteiger partial charge in [-0.2, -0.15) is 0 Å². The van der Waals surface area contributed by atoms with Crippen molar-refractivity contribution in [1.29, 1.82) is 0 Å². The molecule has 4 N–H and O–H groups in total. The molecule has 1 unspecified atom stereocenters. The van der Waals surface area contributed by atoms with E-state index >= 15 is 0 Å². The number of hydrogen-bond acceptors (Lipinski definition) is 7. The Hall–Kier alpha value is -3.00. The summed E-state index contributed by atoms with van der Waals surface area (Å²) in [5.41, 5.74) is -1.43. The largest absolute Gasteiger partial charge is 0.346 e. The number of carbonyl (C=O) groups excluding carboxylic acids is 5. The van der Waals surface area contributed by atoms with E-state index in [4.69, 9.17) is 0 Å². The maximum atomic E-state index is 14.4. The van der Waals surface area contributed by atoms with Crippen molar-refractivity contribution < 1.29 is 32.4 Å². The summed E-state index contributed by atoms with van der Waals surface area (Å²) in [5.74, 6) is -2.76. The molecule has 13 nitrogen and oxygen atoms in total. The average molecular weight is 669 g/mol. The second kappa shape index (κ2) is 14.4. The Labute approximate surface area is 275 Å². The van der Waals surface area contributed by atoms with Gasteiger partial charge in [0.25, 0.3) is 5.91 Å². The quantitative estimate of drug-likeness (QED) is 0.181. The standard InChI is InChI=1S/C32H56N6O7S/c1-13-16-33-27(41)24(39)19(2)34-26(40)23-20-14-15-32(9,10)21(20)17-38(23)28(42)25(31(6,7)8)36-29(43)35-22(30(3,4)5)18-37(11)46(12,44)45/h13,19-23,25H,1,14-18H2,2-12H3,(H,33,41)(H,34,40)(H2,35,36,43)/t19?,20-,21-,22+,23-,25+/m0/s1. The summed E-state index contributed by atoms with van der Waals surface area (Å²) in [6, 6.07) is -4.28. The van der Waals surface area contributed by atoms with E-state index in [9.17, 15) is 32.4 Å². The van der Waals surface area contributed by atoms with Gasteiger partial charge in [0.2, 0.25) is 27.6 Å². The maximum Gasteiger partial charge on any atom is 0.315 e. The predicted molar refractivity (Wildman–Crippen MR) is 177 cm³/mol. The molecule has 2 aliphatic rings. The van der Waals surface area contributed by atoms with Gasteiger partial charge in [-0.05, 0) is 47.8 Å². The number of amides is 5. The summed E-state index contributed by atoms with van der Waals surface area (Å²) < 4.78 is 25.3. The molecule has 1 saturated carbocycles. The summed E-state index contributed by atoms with van der Waals surface area (Å²) in [6.45, 7) is 20.7. The number of hydrogen-bond donors (Lipinski definition) is 4. The van der Waals surface area contributed by atoms with Crippen LogP contribution >= 0.6 is 0 Å². The highest BCUT2D eigenvalue weighted by Crippen LogP contribution is 2.53. The molecule has 0 aromatic carbocycles. The molecule has 1 aliphatic heterocycles. The molecule has 1 heterocycles. The number of sulfonamides is 1. The van der Waals surface area contributed by atoms with Crippen LogP contribution in [0.15, 0.2) is 12.7 Å². The van der Waals surface area contributed by atoms with E-state index in [1.807, 2.05) is 41.5 Å². The Morgan fingerprint density at radius 1 is 1.02 bits per heavy atom. The summed E-state index contributed by atoms with van der Waals surface area (Å²) >= 11 is 0. The molecule has 0 radical (unpaired) electrons. The Morgan fingerprint density at radius 2 is 1.61 bits per heavy atom. The van der Waals surface area contributed by atoms with Crippen molar-refractivity contribution in [2.45, 2.75) is 99.3 Å². The molecule has 2 fully saturated rings. The van der Waals surface area contributed by atoms with E-state index in [0.717, 1.165) is 12.7 Å². The first-order valence-electron chi connectivity index (χ1n) is 15.8. The normalized spacial score (nSPS) is 23.1. The van der Waals surface area contributed by atoms with Crippen LogP contribution in [0.5, 0.6) is 0 Å². The van der Waals surface area contributed by atoms with Gasteiger partial charge in [0.05, 0.1) is 12.3 Å². The Bertz CT molecular complexity index is 1300. The second-order valence-corrected chi connectivity index (χ2v) is 17.8. The van der Waals surface area contributed by atoms with E-state index in [1.165, 1.54) is 29.3 Å². The third-order valence-electron chi connectivity index (χ3n) is 9.46. The summed E-state index contributed by atoms with van der Waals surface area (Å²) in [7, 11) is -2.07. The van der Waals surface area contributed by atoms with Gasteiger partial charge < -0.3 is 26.2 Å². The number of fused-ring (bicyclic) bond motifs is 1. The minimum absolute atomic E-state index is 0.0142. The molecule has 6 atom stereocenters. The molecule has 2 rings (SSSR count). The lowest BCUT2D eigenvalue weighted by Gasteiger charge is -2.38. The van der Waals surface area contributed by atoms with Crippen LogP contribution in [0, 0.1) is 28.1 Å². The Kier molecular flexibility index (Phi) is 12.3. The zero-order chi connectivity index (χ0) is 35.6. The first-order chi connectivity index (χ1) is 20.8. The van der Waals surface area contributed by atoms with Crippen LogP contribution < -0.4 is 21.3 Å². The first-order valence-corrected chi connectivity index (χ1v) is 17.7. The Balaban J connectivity index is 2.36. The molecule has 0 spiro atoms. The van der Waals surface area contributed by atoms with E-state index in [2.05, 4.69) is 41.7 Å². The van der Waals surface area contributed by atoms with Crippen molar-refractivity contribution in [2.75, 3.05) is 32.9 Å². The molecule has 262 valence electrons. The Morgan fingerprint density at radius 3 is 2.11 bits per heavy atom. The topological polar surface area (TPSA) is 174 Å². The van der Waals surface area contributed by atoms with Gasteiger partial charge >= 0.3 is 6.03 Å². The van der Waals surface area contributed by atoms with Crippen LogP contribution in [-0.4, -0.2) is 104 Å². The molecule has 0 aromatic heterocycles. The third-order valence-corrected chi connectivity index (χ3v) is 10.7. The van der Waals surface area contributed by atoms with Gasteiger partial charge in [0.15, 0.2) is 0 Å². The highest BCUT2D eigenvalue weighted by Gasteiger charge is 2.57. The minimum Gasteiger partial charge on any atom is -0.346 e. The lowest BCUT2D eigenvalue weighted by atomic mass is 9.79. The van der Waals surface area contributed by atoms with Gasteiger partial charge in [-0.25, -0.2) is 17.5 Å². The molecule has 0 bridgehead atoms. The number of ketones is 1. The van der Waals surface area contributed by atoms with Crippen molar-refractivity contribution >= 4 is 39.6 Å². The van der Waals surface area contributed by atoms with Crippen LogP contribution in [0.4, 0.5) is 4.79 Å². The highest BCUT2D eigenvalue weighted by molar-refractivity contribution is 7.88. The van der Waals surface area contributed by atoms with Gasteiger partial charge in [-0.3, -0.25) is 19.2 Å². The minimum atomic E-state index is -3.50. The lowest BCUT2D eigenvalue weighted by molar-refractivity contribution is -0.144. The fourth-order valence-electron chi connectivity index (χ4n) is 6.27. The van der Waals surface area contributed by atoms with Crippen molar-refractivity contribution in [3.63, 3.8) is 0 Å².